The highest BCUT2D eigenvalue weighted by Crippen LogP contribution is 2.56. The lowest BCUT2D eigenvalue weighted by Crippen LogP contribution is -2.48. The number of nitrogens with one attached hydrogen (secondary N) is 2. The van der Waals surface area contributed by atoms with Crippen molar-refractivity contribution in [2.45, 2.75) is 40.5 Å². The van der Waals surface area contributed by atoms with Gasteiger partial charge < -0.3 is 10.1 Å². The first kappa shape index (κ1) is 17.4. The van der Waals surface area contributed by atoms with Gasteiger partial charge in [0.15, 0.2) is 0 Å². The summed E-state index contributed by atoms with van der Waals surface area (Å²) in [7, 11) is 1.58. The van der Waals surface area contributed by atoms with Gasteiger partial charge in [0.05, 0.1) is 12.8 Å². The van der Waals surface area contributed by atoms with Crippen LogP contribution in [0.1, 0.15) is 40.5 Å². The molecule has 1 aromatic heterocycles. The summed E-state index contributed by atoms with van der Waals surface area (Å²) >= 11 is 0. The molecule has 0 radical (unpaired) electrons. The predicted octanol–water partition coefficient (Wildman–Crippen LogP) is 3.28. The van der Waals surface area contributed by atoms with Crippen molar-refractivity contribution < 1.29 is 9.53 Å². The van der Waals surface area contributed by atoms with Crippen molar-refractivity contribution in [1.29, 1.82) is 0 Å². The van der Waals surface area contributed by atoms with Crippen LogP contribution in [0.4, 0.5) is 5.69 Å². The minimum absolute atomic E-state index is 0.0303. The summed E-state index contributed by atoms with van der Waals surface area (Å²) in [6.07, 6.45) is 1.80. The topological polar surface area (TPSA) is 92.8 Å². The Hall–Kier alpha value is -2.44. The number of methoxy groups -OCH3 is 1. The SMILES string of the molecule is COc1ccc(-c2nn[nH]n2)cc1NC(=O)C1CC(C)(C(C)(C)C)C1. The Morgan fingerprint density at radius 3 is 2.64 bits per heavy atom. The lowest BCUT2D eigenvalue weighted by molar-refractivity contribution is -0.131. The first-order valence-electron chi connectivity index (χ1n) is 8.46. The van der Waals surface area contributed by atoms with Crippen molar-refractivity contribution in [2.75, 3.05) is 12.4 Å². The zero-order chi connectivity index (χ0) is 18.2. The standard InChI is InChI=1S/C18H25N5O2/c1-17(2,3)18(4)9-12(10-18)16(24)19-13-8-11(6-7-14(13)25-5)15-20-22-23-21-15/h6-8,12H,9-10H2,1-5H3,(H,19,24)(H,20,21,22,23). The molecule has 134 valence electrons. The van der Waals surface area contributed by atoms with Gasteiger partial charge in [0.25, 0.3) is 0 Å². The first-order chi connectivity index (χ1) is 11.7. The van der Waals surface area contributed by atoms with Gasteiger partial charge in [-0.1, -0.05) is 27.7 Å². The van der Waals surface area contributed by atoms with E-state index in [0.29, 0.717) is 17.3 Å². The molecule has 1 amide bonds. The third-order valence-electron chi connectivity index (χ3n) is 5.64. The molecule has 0 bridgehead atoms. The lowest BCUT2D eigenvalue weighted by atomic mass is 9.52. The van der Waals surface area contributed by atoms with E-state index in [1.165, 1.54) is 0 Å². The molecule has 0 spiro atoms. The largest absolute Gasteiger partial charge is 0.495 e. The maximum absolute atomic E-state index is 12.7. The number of benzene rings is 1. The highest BCUT2D eigenvalue weighted by atomic mass is 16.5. The average molecular weight is 343 g/mol. The molecule has 1 saturated carbocycles. The molecule has 25 heavy (non-hydrogen) atoms. The number of aromatic amines is 1. The van der Waals surface area contributed by atoms with Crippen LogP contribution in [-0.4, -0.2) is 33.6 Å². The number of aromatic nitrogens is 4. The Bertz CT molecular complexity index is 758. The minimum atomic E-state index is 0.0303. The van der Waals surface area contributed by atoms with Gasteiger partial charge in [-0.3, -0.25) is 4.79 Å². The predicted molar refractivity (Wildman–Crippen MR) is 95.1 cm³/mol. The van der Waals surface area contributed by atoms with Crippen molar-refractivity contribution in [2.24, 2.45) is 16.7 Å². The number of ether oxygens (including phenoxy) is 1. The van der Waals surface area contributed by atoms with Crippen LogP contribution in [0.5, 0.6) is 5.75 Å². The molecule has 7 nitrogen and oxygen atoms in total. The monoisotopic (exact) mass is 343 g/mol. The summed E-state index contributed by atoms with van der Waals surface area (Å²) in [5, 5.41) is 16.9. The molecule has 0 aliphatic heterocycles. The van der Waals surface area contributed by atoms with E-state index < -0.39 is 0 Å². The lowest BCUT2D eigenvalue weighted by Gasteiger charge is -2.53. The zero-order valence-electron chi connectivity index (χ0n) is 15.4. The second kappa shape index (κ2) is 6.13. The number of tetrazole rings is 1. The van der Waals surface area contributed by atoms with Gasteiger partial charge in [0.2, 0.25) is 11.7 Å². The van der Waals surface area contributed by atoms with Crippen LogP contribution in [-0.2, 0) is 4.79 Å². The van der Waals surface area contributed by atoms with Crippen LogP contribution in [0.25, 0.3) is 11.4 Å². The van der Waals surface area contributed by atoms with Gasteiger partial charge in [-0.15, -0.1) is 10.2 Å². The van der Waals surface area contributed by atoms with Crippen LogP contribution in [0.2, 0.25) is 0 Å². The fourth-order valence-electron chi connectivity index (χ4n) is 3.29. The molecule has 1 heterocycles. The highest BCUT2D eigenvalue weighted by molar-refractivity contribution is 5.95. The van der Waals surface area contributed by atoms with E-state index in [2.05, 4.69) is 53.6 Å². The summed E-state index contributed by atoms with van der Waals surface area (Å²) < 4.78 is 5.37. The molecule has 2 aromatic rings. The van der Waals surface area contributed by atoms with Crippen molar-refractivity contribution >= 4 is 11.6 Å². The van der Waals surface area contributed by atoms with E-state index in [-0.39, 0.29) is 22.7 Å². The van der Waals surface area contributed by atoms with Gasteiger partial charge in [0.1, 0.15) is 5.75 Å². The molecule has 3 rings (SSSR count). The fourth-order valence-corrected chi connectivity index (χ4v) is 3.29. The van der Waals surface area contributed by atoms with E-state index in [9.17, 15) is 4.79 Å². The van der Waals surface area contributed by atoms with Crippen LogP contribution in [0, 0.1) is 16.7 Å². The normalized spacial score (nSPS) is 23.0. The molecule has 1 fully saturated rings. The molecule has 2 N–H and O–H groups in total. The molecule has 0 saturated heterocycles. The maximum Gasteiger partial charge on any atom is 0.227 e. The summed E-state index contributed by atoms with van der Waals surface area (Å²) in [5.41, 5.74) is 1.78. The Kier molecular flexibility index (Phi) is 4.26. The summed E-state index contributed by atoms with van der Waals surface area (Å²) in [6.45, 7) is 8.96. The Labute approximate surface area is 147 Å². The number of rotatable bonds is 4. The number of hydrogen-bond donors (Lipinski definition) is 2. The second-order valence-corrected chi connectivity index (χ2v) is 8.06. The molecule has 7 heteroatoms. The van der Waals surface area contributed by atoms with Crippen molar-refractivity contribution in [3.8, 4) is 17.1 Å². The smallest absolute Gasteiger partial charge is 0.227 e. The van der Waals surface area contributed by atoms with Crippen molar-refractivity contribution in [3.63, 3.8) is 0 Å². The van der Waals surface area contributed by atoms with Crippen LogP contribution in [0.3, 0.4) is 0 Å². The molecule has 0 unspecified atom stereocenters. The zero-order valence-corrected chi connectivity index (χ0v) is 15.4. The van der Waals surface area contributed by atoms with Crippen molar-refractivity contribution in [3.05, 3.63) is 18.2 Å². The number of amides is 1. The highest BCUT2D eigenvalue weighted by Gasteiger charge is 2.50. The summed E-state index contributed by atoms with van der Waals surface area (Å²) in [4.78, 5) is 12.7. The Balaban J connectivity index is 1.74. The Morgan fingerprint density at radius 2 is 2.08 bits per heavy atom. The Morgan fingerprint density at radius 1 is 1.36 bits per heavy atom. The third-order valence-corrected chi connectivity index (χ3v) is 5.64. The van der Waals surface area contributed by atoms with E-state index in [1.807, 2.05) is 12.1 Å². The van der Waals surface area contributed by atoms with Crippen LogP contribution < -0.4 is 10.1 Å². The molecule has 1 aromatic carbocycles. The van der Waals surface area contributed by atoms with Crippen molar-refractivity contribution in [1.82, 2.24) is 20.6 Å². The van der Waals surface area contributed by atoms with E-state index in [4.69, 9.17) is 4.74 Å². The van der Waals surface area contributed by atoms with Gasteiger partial charge in [-0.2, -0.15) is 5.21 Å². The molecule has 0 atom stereocenters. The minimum Gasteiger partial charge on any atom is -0.495 e. The third kappa shape index (κ3) is 3.23. The quantitative estimate of drug-likeness (QED) is 0.889. The number of carbonyl (C=O) groups is 1. The first-order valence-corrected chi connectivity index (χ1v) is 8.46. The second-order valence-electron chi connectivity index (χ2n) is 8.06. The van der Waals surface area contributed by atoms with Crippen LogP contribution >= 0.6 is 0 Å². The summed E-state index contributed by atoms with van der Waals surface area (Å²) in [6, 6.07) is 5.43. The van der Waals surface area contributed by atoms with Gasteiger partial charge in [-0.25, -0.2) is 0 Å². The molecular formula is C18H25N5O2. The molecule has 1 aliphatic rings. The number of hydrogen-bond acceptors (Lipinski definition) is 5. The van der Waals surface area contributed by atoms with Gasteiger partial charge in [-0.05, 0) is 47.1 Å². The van der Waals surface area contributed by atoms with E-state index in [1.54, 1.807) is 13.2 Å². The fraction of sp³-hybridized carbons (Fsp3) is 0.556. The summed E-state index contributed by atoms with van der Waals surface area (Å²) in [5.74, 6) is 1.15. The van der Waals surface area contributed by atoms with Gasteiger partial charge in [0, 0.05) is 11.5 Å². The number of carbonyl (C=O) groups excluding carboxylic acids is 1. The maximum atomic E-state index is 12.7. The average Bonchev–Trinajstić information content (AvgIpc) is 3.05. The van der Waals surface area contributed by atoms with E-state index in [0.717, 1.165) is 18.4 Å². The number of anilines is 1. The number of H-pyrrole nitrogens is 1. The van der Waals surface area contributed by atoms with Gasteiger partial charge >= 0.3 is 0 Å². The van der Waals surface area contributed by atoms with Crippen LogP contribution in [0.15, 0.2) is 18.2 Å². The van der Waals surface area contributed by atoms with E-state index >= 15 is 0 Å². The number of nitrogens with zero attached hydrogens (tertiary/aromatic N) is 3. The molecule has 1 aliphatic carbocycles. The molecular weight excluding hydrogens is 318 g/mol.